The molecule has 3 nitrogen and oxygen atoms in total. The van der Waals surface area contributed by atoms with E-state index in [2.05, 4.69) is 30.1 Å². The van der Waals surface area contributed by atoms with Gasteiger partial charge in [0.05, 0.1) is 6.61 Å². The van der Waals surface area contributed by atoms with Gasteiger partial charge in [0.25, 0.3) is 0 Å². The molecule has 1 heterocycles. The molecule has 1 aliphatic heterocycles. The average Bonchev–Trinajstić information content (AvgIpc) is 2.29. The van der Waals surface area contributed by atoms with Crippen molar-refractivity contribution in [2.45, 2.75) is 25.4 Å². The molecule has 0 radical (unpaired) electrons. The van der Waals surface area contributed by atoms with Crippen molar-refractivity contribution in [3.05, 3.63) is 29.3 Å². The highest BCUT2D eigenvalue weighted by atomic mass is 35.5. The number of aliphatic hydroxyl groups excluding tert-OH is 1. The van der Waals surface area contributed by atoms with Crippen LogP contribution in [-0.4, -0.2) is 36.4 Å². The Hall–Kier alpha value is -0.770. The number of nitrogens with zero attached hydrogens (tertiary/aromatic N) is 1. The Morgan fingerprint density at radius 1 is 1.53 bits per heavy atom. The standard InChI is InChI=1S/C13H19ClN2O/c1-13(2)9-15-11(8-17)7-16(13)12-5-3-4-10(14)6-12/h3-6,11,15,17H,7-9H2,1-2H3. The first-order chi connectivity index (χ1) is 8.03. The highest BCUT2D eigenvalue weighted by molar-refractivity contribution is 6.30. The molecule has 4 heteroatoms. The van der Waals surface area contributed by atoms with Crippen LogP contribution < -0.4 is 10.2 Å². The molecule has 1 aromatic carbocycles. The summed E-state index contributed by atoms with van der Waals surface area (Å²) in [6.07, 6.45) is 0. The van der Waals surface area contributed by atoms with Crippen LogP contribution in [0.15, 0.2) is 24.3 Å². The highest BCUT2D eigenvalue weighted by Crippen LogP contribution is 2.28. The van der Waals surface area contributed by atoms with Crippen LogP contribution in [0.25, 0.3) is 0 Å². The first kappa shape index (κ1) is 12.7. The van der Waals surface area contributed by atoms with Gasteiger partial charge in [-0.15, -0.1) is 0 Å². The van der Waals surface area contributed by atoms with Gasteiger partial charge in [-0.25, -0.2) is 0 Å². The largest absolute Gasteiger partial charge is 0.395 e. The molecule has 0 saturated carbocycles. The summed E-state index contributed by atoms with van der Waals surface area (Å²) in [5, 5.41) is 13.4. The molecule has 1 fully saturated rings. The van der Waals surface area contributed by atoms with Crippen LogP contribution in [0.1, 0.15) is 13.8 Å². The quantitative estimate of drug-likeness (QED) is 0.846. The molecule has 0 amide bonds. The highest BCUT2D eigenvalue weighted by Gasteiger charge is 2.33. The van der Waals surface area contributed by atoms with Gasteiger partial charge in [-0.3, -0.25) is 0 Å². The minimum atomic E-state index is 0.0242. The van der Waals surface area contributed by atoms with Gasteiger partial charge in [0.1, 0.15) is 0 Å². The van der Waals surface area contributed by atoms with E-state index in [4.69, 9.17) is 11.6 Å². The van der Waals surface area contributed by atoms with Crippen molar-refractivity contribution in [1.82, 2.24) is 5.32 Å². The molecular weight excluding hydrogens is 236 g/mol. The van der Waals surface area contributed by atoms with E-state index < -0.39 is 0 Å². The second-order valence-electron chi connectivity index (χ2n) is 5.16. The predicted octanol–water partition coefficient (Wildman–Crippen LogP) is 1.89. The number of piperazine rings is 1. The van der Waals surface area contributed by atoms with Gasteiger partial charge in [-0.05, 0) is 32.0 Å². The summed E-state index contributed by atoms with van der Waals surface area (Å²) in [6, 6.07) is 8.01. The summed E-state index contributed by atoms with van der Waals surface area (Å²) >= 11 is 6.04. The van der Waals surface area contributed by atoms with Crippen molar-refractivity contribution in [3.8, 4) is 0 Å². The van der Waals surface area contributed by atoms with Crippen LogP contribution in [0.4, 0.5) is 5.69 Å². The molecule has 2 rings (SSSR count). The van der Waals surface area contributed by atoms with Gasteiger partial charge in [0.15, 0.2) is 0 Å². The zero-order valence-corrected chi connectivity index (χ0v) is 11.0. The minimum absolute atomic E-state index is 0.0242. The molecule has 1 atom stereocenters. The Balaban J connectivity index is 2.27. The third-order valence-electron chi connectivity index (χ3n) is 3.30. The Morgan fingerprint density at radius 3 is 2.94 bits per heavy atom. The zero-order valence-electron chi connectivity index (χ0n) is 10.3. The average molecular weight is 255 g/mol. The van der Waals surface area contributed by atoms with E-state index in [1.54, 1.807) is 0 Å². The third kappa shape index (κ3) is 2.73. The summed E-state index contributed by atoms with van der Waals surface area (Å²) in [5.41, 5.74) is 1.14. The van der Waals surface area contributed by atoms with E-state index in [0.29, 0.717) is 0 Å². The van der Waals surface area contributed by atoms with Crippen LogP contribution in [0.2, 0.25) is 5.02 Å². The summed E-state index contributed by atoms with van der Waals surface area (Å²) in [4.78, 5) is 2.30. The van der Waals surface area contributed by atoms with E-state index >= 15 is 0 Å². The first-order valence-electron chi connectivity index (χ1n) is 5.90. The van der Waals surface area contributed by atoms with Crippen LogP contribution >= 0.6 is 11.6 Å². The number of hydrogen-bond donors (Lipinski definition) is 2. The minimum Gasteiger partial charge on any atom is -0.395 e. The molecule has 0 aromatic heterocycles. The van der Waals surface area contributed by atoms with Gasteiger partial charge in [-0.2, -0.15) is 0 Å². The van der Waals surface area contributed by atoms with E-state index in [0.717, 1.165) is 23.8 Å². The fourth-order valence-corrected chi connectivity index (χ4v) is 2.43. The number of anilines is 1. The van der Waals surface area contributed by atoms with Crippen molar-refractivity contribution in [1.29, 1.82) is 0 Å². The lowest BCUT2D eigenvalue weighted by Crippen LogP contribution is -2.63. The second kappa shape index (κ2) is 4.84. The summed E-state index contributed by atoms with van der Waals surface area (Å²) < 4.78 is 0. The molecule has 1 saturated heterocycles. The number of benzene rings is 1. The Bertz CT molecular complexity index is 395. The van der Waals surface area contributed by atoms with E-state index in [1.165, 1.54) is 0 Å². The summed E-state index contributed by atoms with van der Waals surface area (Å²) in [5.74, 6) is 0. The monoisotopic (exact) mass is 254 g/mol. The second-order valence-corrected chi connectivity index (χ2v) is 5.60. The van der Waals surface area contributed by atoms with E-state index in [1.807, 2.05) is 18.2 Å². The number of nitrogens with one attached hydrogen (secondary N) is 1. The van der Waals surface area contributed by atoms with E-state index in [-0.39, 0.29) is 18.2 Å². The van der Waals surface area contributed by atoms with Gasteiger partial charge >= 0.3 is 0 Å². The number of aliphatic hydroxyl groups is 1. The third-order valence-corrected chi connectivity index (χ3v) is 3.53. The fourth-order valence-electron chi connectivity index (χ4n) is 2.24. The maximum atomic E-state index is 9.27. The molecule has 0 bridgehead atoms. The molecule has 1 aromatic rings. The van der Waals surface area contributed by atoms with Crippen molar-refractivity contribution >= 4 is 17.3 Å². The van der Waals surface area contributed by atoms with Gasteiger partial charge in [0.2, 0.25) is 0 Å². The van der Waals surface area contributed by atoms with Gasteiger partial charge in [-0.1, -0.05) is 17.7 Å². The molecule has 2 N–H and O–H groups in total. The number of rotatable bonds is 2. The molecular formula is C13H19ClN2O. The predicted molar refractivity (Wildman–Crippen MR) is 71.8 cm³/mol. The van der Waals surface area contributed by atoms with Gasteiger partial charge < -0.3 is 15.3 Å². The summed E-state index contributed by atoms with van der Waals surface area (Å²) in [6.45, 7) is 6.19. The van der Waals surface area contributed by atoms with Crippen LogP contribution in [0.3, 0.4) is 0 Å². The molecule has 17 heavy (non-hydrogen) atoms. The van der Waals surface area contributed by atoms with Crippen molar-refractivity contribution < 1.29 is 5.11 Å². The Labute approximate surface area is 107 Å². The van der Waals surface area contributed by atoms with Crippen LogP contribution in [0.5, 0.6) is 0 Å². The lowest BCUT2D eigenvalue weighted by molar-refractivity contribution is 0.210. The van der Waals surface area contributed by atoms with Crippen molar-refractivity contribution in [2.24, 2.45) is 0 Å². The maximum Gasteiger partial charge on any atom is 0.0601 e. The zero-order chi connectivity index (χ0) is 12.5. The fraction of sp³-hybridized carbons (Fsp3) is 0.538. The summed E-state index contributed by atoms with van der Waals surface area (Å²) in [7, 11) is 0. The lowest BCUT2D eigenvalue weighted by Gasteiger charge is -2.47. The molecule has 1 aliphatic rings. The number of halogens is 1. The smallest absolute Gasteiger partial charge is 0.0601 e. The Kier molecular flexibility index (Phi) is 3.61. The molecule has 0 aliphatic carbocycles. The number of hydrogen-bond acceptors (Lipinski definition) is 3. The topological polar surface area (TPSA) is 35.5 Å². The first-order valence-corrected chi connectivity index (χ1v) is 6.28. The van der Waals surface area contributed by atoms with E-state index in [9.17, 15) is 5.11 Å². The van der Waals surface area contributed by atoms with Crippen LogP contribution in [0, 0.1) is 0 Å². The van der Waals surface area contributed by atoms with Crippen molar-refractivity contribution in [3.63, 3.8) is 0 Å². The lowest BCUT2D eigenvalue weighted by atomic mass is 9.96. The maximum absolute atomic E-state index is 9.27. The van der Waals surface area contributed by atoms with Crippen LogP contribution in [-0.2, 0) is 0 Å². The normalized spacial score (nSPS) is 23.8. The van der Waals surface area contributed by atoms with Crippen molar-refractivity contribution in [2.75, 3.05) is 24.6 Å². The van der Waals surface area contributed by atoms with Gasteiger partial charge in [0, 0.05) is 35.4 Å². The molecule has 1 unspecified atom stereocenters. The Morgan fingerprint density at radius 2 is 2.29 bits per heavy atom. The molecule has 0 spiro atoms. The molecule has 94 valence electrons. The SMILES string of the molecule is CC1(C)CNC(CO)CN1c1cccc(Cl)c1.